The van der Waals surface area contributed by atoms with Gasteiger partial charge >= 0.3 is 0 Å². The highest BCUT2D eigenvalue weighted by Crippen LogP contribution is 2.37. The molecular formula is C25H24N2O2S. The number of hydrogen-bond donors (Lipinski definition) is 0. The fraction of sp³-hybridized carbons (Fsp3) is 0.200. The average molecular weight is 417 g/mol. The van der Waals surface area contributed by atoms with Crippen molar-refractivity contribution in [1.82, 2.24) is 4.57 Å². The van der Waals surface area contributed by atoms with E-state index in [2.05, 4.69) is 57.4 Å². The lowest BCUT2D eigenvalue weighted by molar-refractivity contribution is -0.113. The number of rotatable bonds is 3. The van der Waals surface area contributed by atoms with Crippen molar-refractivity contribution < 1.29 is 9.59 Å². The van der Waals surface area contributed by atoms with Gasteiger partial charge in [-0.3, -0.25) is 9.59 Å². The number of anilines is 1. The van der Waals surface area contributed by atoms with Crippen molar-refractivity contribution in [3.8, 4) is 5.69 Å². The highest BCUT2D eigenvalue weighted by atomic mass is 32.2. The van der Waals surface area contributed by atoms with Gasteiger partial charge in [0.25, 0.3) is 11.1 Å². The summed E-state index contributed by atoms with van der Waals surface area (Å²) in [6.07, 6.45) is 1.84. The topological polar surface area (TPSA) is 42.3 Å². The molecule has 1 saturated heterocycles. The van der Waals surface area contributed by atoms with Crippen LogP contribution in [0.25, 0.3) is 11.8 Å². The van der Waals surface area contributed by atoms with E-state index in [4.69, 9.17) is 0 Å². The third kappa shape index (κ3) is 3.39. The zero-order valence-electron chi connectivity index (χ0n) is 17.8. The molecule has 152 valence electrons. The molecule has 0 aliphatic carbocycles. The summed E-state index contributed by atoms with van der Waals surface area (Å²) in [5.74, 6) is -0.274. The van der Waals surface area contributed by atoms with Crippen LogP contribution in [0.1, 0.15) is 33.6 Å². The minimum atomic E-state index is -0.274. The number of thioether (sulfide) groups is 1. The number of benzene rings is 2. The maximum atomic E-state index is 12.9. The number of imide groups is 1. The first-order valence-corrected chi connectivity index (χ1v) is 10.7. The van der Waals surface area contributed by atoms with E-state index in [9.17, 15) is 9.59 Å². The second-order valence-corrected chi connectivity index (χ2v) is 8.76. The first kappa shape index (κ1) is 20.2. The van der Waals surface area contributed by atoms with Gasteiger partial charge in [0.05, 0.1) is 16.3 Å². The smallest absolute Gasteiger partial charge is 0.298 e. The standard InChI is InChI=1S/C25H24N2O2S/c1-15-11-16(2)23(17(3)12-15)26-18(4)13-20(19(26)5)14-22-24(28)27(25(29)30-22)21-9-7-6-8-10-21/h6-14H,1-5H3/b22-14+. The summed E-state index contributed by atoms with van der Waals surface area (Å²) in [6.45, 7) is 10.5. The maximum Gasteiger partial charge on any atom is 0.298 e. The number of carbonyl (C=O) groups is 2. The van der Waals surface area contributed by atoms with Crippen LogP contribution in [0.15, 0.2) is 53.4 Å². The number of aromatic nitrogens is 1. The van der Waals surface area contributed by atoms with Crippen LogP contribution in [-0.2, 0) is 4.79 Å². The van der Waals surface area contributed by atoms with Crippen molar-refractivity contribution in [2.75, 3.05) is 4.90 Å². The van der Waals surface area contributed by atoms with Crippen molar-refractivity contribution in [2.24, 2.45) is 0 Å². The lowest BCUT2D eigenvalue weighted by Gasteiger charge is -2.17. The molecule has 1 aromatic heterocycles. The Morgan fingerprint density at radius 3 is 2.13 bits per heavy atom. The minimum Gasteiger partial charge on any atom is -0.317 e. The van der Waals surface area contributed by atoms with E-state index in [1.165, 1.54) is 27.3 Å². The fourth-order valence-corrected chi connectivity index (χ4v) is 5.04. The zero-order valence-corrected chi connectivity index (χ0v) is 18.6. The Balaban J connectivity index is 1.76. The molecule has 0 saturated carbocycles. The number of carbonyl (C=O) groups excluding carboxylic acids is 2. The van der Waals surface area contributed by atoms with Gasteiger partial charge in [0.15, 0.2) is 0 Å². The van der Waals surface area contributed by atoms with Crippen LogP contribution < -0.4 is 4.90 Å². The molecule has 2 heterocycles. The van der Waals surface area contributed by atoms with Gasteiger partial charge in [-0.2, -0.15) is 0 Å². The minimum absolute atomic E-state index is 0.267. The highest BCUT2D eigenvalue weighted by molar-refractivity contribution is 8.19. The predicted octanol–water partition coefficient (Wildman–Crippen LogP) is 6.26. The Hall–Kier alpha value is -3.05. The van der Waals surface area contributed by atoms with E-state index in [0.717, 1.165) is 28.7 Å². The molecule has 1 aliphatic rings. The van der Waals surface area contributed by atoms with Crippen molar-refractivity contribution in [3.05, 3.63) is 87.1 Å². The van der Waals surface area contributed by atoms with Crippen molar-refractivity contribution >= 4 is 34.7 Å². The number of aryl methyl sites for hydroxylation is 4. The summed E-state index contributed by atoms with van der Waals surface area (Å²) < 4.78 is 2.23. The highest BCUT2D eigenvalue weighted by Gasteiger charge is 2.36. The summed E-state index contributed by atoms with van der Waals surface area (Å²) >= 11 is 0.989. The Kier molecular flexibility index (Phi) is 5.16. The lowest BCUT2D eigenvalue weighted by atomic mass is 10.0. The molecule has 30 heavy (non-hydrogen) atoms. The SMILES string of the molecule is Cc1cc(C)c(-n2c(C)cc(/C=C3/SC(=O)N(c4ccccc4)C3=O)c2C)c(C)c1. The second kappa shape index (κ2) is 7.65. The Bertz CT molecular complexity index is 1180. The number of para-hydroxylation sites is 1. The molecule has 1 fully saturated rings. The molecule has 0 radical (unpaired) electrons. The van der Waals surface area contributed by atoms with Gasteiger partial charge in [-0.15, -0.1) is 0 Å². The zero-order chi connectivity index (χ0) is 21.6. The van der Waals surface area contributed by atoms with Crippen LogP contribution in [0, 0.1) is 34.6 Å². The first-order valence-electron chi connectivity index (χ1n) is 9.88. The van der Waals surface area contributed by atoms with Gasteiger partial charge in [0.2, 0.25) is 0 Å². The summed E-state index contributed by atoms with van der Waals surface area (Å²) in [6, 6.07) is 15.5. The summed E-state index contributed by atoms with van der Waals surface area (Å²) in [5.41, 5.74) is 8.53. The molecule has 4 nitrogen and oxygen atoms in total. The number of amides is 2. The van der Waals surface area contributed by atoms with E-state index >= 15 is 0 Å². The van der Waals surface area contributed by atoms with Crippen LogP contribution in [0.4, 0.5) is 10.5 Å². The molecule has 4 rings (SSSR count). The maximum absolute atomic E-state index is 12.9. The van der Waals surface area contributed by atoms with E-state index in [1.54, 1.807) is 12.1 Å². The van der Waals surface area contributed by atoms with E-state index in [1.807, 2.05) is 24.3 Å². The average Bonchev–Trinajstić information content (AvgIpc) is 3.11. The van der Waals surface area contributed by atoms with E-state index < -0.39 is 0 Å². The van der Waals surface area contributed by atoms with Gasteiger partial charge in [0.1, 0.15) is 0 Å². The fourth-order valence-electron chi connectivity index (χ4n) is 4.21. The molecule has 2 amide bonds. The summed E-state index contributed by atoms with van der Waals surface area (Å²) in [7, 11) is 0. The Morgan fingerprint density at radius 2 is 1.50 bits per heavy atom. The van der Waals surface area contributed by atoms with Crippen LogP contribution in [0.2, 0.25) is 0 Å². The second-order valence-electron chi connectivity index (χ2n) is 7.76. The van der Waals surface area contributed by atoms with Crippen molar-refractivity contribution in [1.29, 1.82) is 0 Å². The van der Waals surface area contributed by atoms with Crippen LogP contribution in [0.5, 0.6) is 0 Å². The van der Waals surface area contributed by atoms with E-state index in [0.29, 0.717) is 10.6 Å². The quantitative estimate of drug-likeness (QED) is 0.473. The van der Waals surface area contributed by atoms with Crippen LogP contribution >= 0.6 is 11.8 Å². The molecular weight excluding hydrogens is 392 g/mol. The monoisotopic (exact) mass is 416 g/mol. The third-order valence-corrected chi connectivity index (χ3v) is 6.29. The van der Waals surface area contributed by atoms with Crippen LogP contribution in [-0.4, -0.2) is 15.7 Å². The molecule has 0 atom stereocenters. The van der Waals surface area contributed by atoms with E-state index in [-0.39, 0.29) is 11.1 Å². The first-order chi connectivity index (χ1) is 14.3. The number of nitrogens with zero attached hydrogens (tertiary/aromatic N) is 2. The van der Waals surface area contributed by atoms with Gasteiger partial charge in [0, 0.05) is 11.4 Å². The van der Waals surface area contributed by atoms with Crippen molar-refractivity contribution in [3.63, 3.8) is 0 Å². The summed E-state index contributed by atoms with van der Waals surface area (Å²) in [5, 5.41) is -0.267. The molecule has 0 N–H and O–H groups in total. The van der Waals surface area contributed by atoms with Crippen LogP contribution in [0.3, 0.4) is 0 Å². The molecule has 3 aromatic rings. The molecule has 0 unspecified atom stereocenters. The van der Waals surface area contributed by atoms with Gasteiger partial charge in [-0.1, -0.05) is 35.9 Å². The van der Waals surface area contributed by atoms with Gasteiger partial charge < -0.3 is 4.57 Å². The Labute approximate surface area is 181 Å². The van der Waals surface area contributed by atoms with Gasteiger partial charge in [-0.05, 0) is 87.3 Å². The summed E-state index contributed by atoms with van der Waals surface area (Å²) in [4.78, 5) is 27.1. The third-order valence-electron chi connectivity index (χ3n) is 5.42. The lowest BCUT2D eigenvalue weighted by Crippen LogP contribution is -2.27. The molecule has 1 aliphatic heterocycles. The molecule has 0 bridgehead atoms. The normalized spacial score (nSPS) is 15.5. The number of hydrogen-bond acceptors (Lipinski definition) is 3. The van der Waals surface area contributed by atoms with Crippen molar-refractivity contribution in [2.45, 2.75) is 34.6 Å². The molecule has 5 heteroatoms. The largest absolute Gasteiger partial charge is 0.317 e. The molecule has 0 spiro atoms. The molecule has 2 aromatic carbocycles. The predicted molar refractivity (Wildman–Crippen MR) is 124 cm³/mol. The van der Waals surface area contributed by atoms with Gasteiger partial charge in [-0.25, -0.2) is 4.90 Å². The Morgan fingerprint density at radius 1 is 0.867 bits per heavy atom.